The van der Waals surface area contributed by atoms with Gasteiger partial charge in [0, 0.05) is 25.8 Å². The van der Waals surface area contributed by atoms with Crippen molar-refractivity contribution < 1.29 is 0 Å². The van der Waals surface area contributed by atoms with Gasteiger partial charge in [0.2, 0.25) is 0 Å². The van der Waals surface area contributed by atoms with Crippen molar-refractivity contribution in [3.63, 3.8) is 0 Å². The van der Waals surface area contributed by atoms with E-state index in [0.29, 0.717) is 0 Å². The van der Waals surface area contributed by atoms with Crippen LogP contribution in [0.1, 0.15) is 45.6 Å². The number of nitrogens with one attached hydrogen (secondary N) is 1. The maximum Gasteiger partial charge on any atom is 0.147 e. The van der Waals surface area contributed by atoms with Crippen molar-refractivity contribution in [3.05, 3.63) is 22.8 Å². The van der Waals surface area contributed by atoms with Crippen molar-refractivity contribution in [2.75, 3.05) is 24.5 Å². The number of halogens is 1. The Bertz CT molecular complexity index is 362. The first-order chi connectivity index (χ1) is 9.22. The van der Waals surface area contributed by atoms with E-state index < -0.39 is 0 Å². The Kier molecular flexibility index (Phi) is 7.84. The van der Waals surface area contributed by atoms with E-state index in [2.05, 4.69) is 36.0 Å². The lowest BCUT2D eigenvalue weighted by atomic mass is 10.2. The maximum absolute atomic E-state index is 6.38. The van der Waals surface area contributed by atoms with Crippen molar-refractivity contribution in [1.29, 1.82) is 0 Å². The van der Waals surface area contributed by atoms with Crippen molar-refractivity contribution in [2.24, 2.45) is 0 Å². The largest absolute Gasteiger partial charge is 0.355 e. The minimum Gasteiger partial charge on any atom is -0.355 e. The summed E-state index contributed by atoms with van der Waals surface area (Å²) >= 11 is 6.38. The molecule has 0 unspecified atom stereocenters. The zero-order valence-corrected chi connectivity index (χ0v) is 13.1. The van der Waals surface area contributed by atoms with Gasteiger partial charge in [0.15, 0.2) is 0 Å². The molecule has 0 saturated heterocycles. The normalized spacial score (nSPS) is 10.7. The summed E-state index contributed by atoms with van der Waals surface area (Å²) in [6.45, 7) is 10.4. The molecule has 0 aliphatic rings. The van der Waals surface area contributed by atoms with Gasteiger partial charge in [-0.1, -0.05) is 32.4 Å². The van der Waals surface area contributed by atoms with E-state index in [-0.39, 0.29) is 0 Å². The Morgan fingerprint density at radius 2 is 1.84 bits per heavy atom. The third-order valence-electron chi connectivity index (χ3n) is 2.92. The first kappa shape index (κ1) is 16.3. The van der Waals surface area contributed by atoms with Crippen LogP contribution in [0, 0.1) is 0 Å². The van der Waals surface area contributed by atoms with Gasteiger partial charge in [-0.3, -0.25) is 0 Å². The van der Waals surface area contributed by atoms with Crippen LogP contribution < -0.4 is 10.2 Å². The maximum atomic E-state index is 6.38. The zero-order valence-electron chi connectivity index (χ0n) is 12.4. The molecule has 0 bridgehead atoms. The van der Waals surface area contributed by atoms with Crippen LogP contribution in [0.4, 0.5) is 5.82 Å². The Morgan fingerprint density at radius 3 is 2.37 bits per heavy atom. The van der Waals surface area contributed by atoms with E-state index in [9.17, 15) is 0 Å². The second kappa shape index (κ2) is 9.16. The molecule has 0 aliphatic carbocycles. The highest BCUT2D eigenvalue weighted by Gasteiger charge is 2.11. The number of aromatic nitrogens is 1. The van der Waals surface area contributed by atoms with Crippen LogP contribution in [-0.4, -0.2) is 24.6 Å². The van der Waals surface area contributed by atoms with Crippen LogP contribution in [0.5, 0.6) is 0 Å². The Labute approximate surface area is 122 Å². The first-order valence-electron chi connectivity index (χ1n) is 7.32. The summed E-state index contributed by atoms with van der Waals surface area (Å²) in [6.07, 6.45) is 5.29. The van der Waals surface area contributed by atoms with Gasteiger partial charge >= 0.3 is 0 Å². The SMILES string of the molecule is CCCNCc1cnc(N(CCC)CCC)c(Cl)c1. The highest BCUT2D eigenvalue weighted by molar-refractivity contribution is 6.33. The number of hydrogen-bond acceptors (Lipinski definition) is 3. The average molecular weight is 284 g/mol. The molecule has 3 nitrogen and oxygen atoms in total. The van der Waals surface area contributed by atoms with Crippen LogP contribution in [0.15, 0.2) is 12.3 Å². The summed E-state index contributed by atoms with van der Waals surface area (Å²) in [5.74, 6) is 0.921. The minimum atomic E-state index is 0.762. The Morgan fingerprint density at radius 1 is 1.16 bits per heavy atom. The molecule has 1 heterocycles. The molecule has 0 saturated carbocycles. The third-order valence-corrected chi connectivity index (χ3v) is 3.20. The summed E-state index contributed by atoms with van der Waals surface area (Å²) in [4.78, 5) is 6.82. The van der Waals surface area contributed by atoms with Gasteiger partial charge in [0.1, 0.15) is 5.82 Å². The molecule has 4 heteroatoms. The number of pyridine rings is 1. The highest BCUT2D eigenvalue weighted by Crippen LogP contribution is 2.24. The second-order valence-corrected chi connectivity index (χ2v) is 5.22. The van der Waals surface area contributed by atoms with E-state index >= 15 is 0 Å². The van der Waals surface area contributed by atoms with E-state index in [0.717, 1.165) is 61.8 Å². The fraction of sp³-hybridized carbons (Fsp3) is 0.667. The minimum absolute atomic E-state index is 0.762. The molecule has 0 aromatic carbocycles. The predicted molar refractivity (Wildman–Crippen MR) is 84.0 cm³/mol. The standard InChI is InChI=1S/C15H26ClN3/c1-4-7-17-11-13-10-14(16)15(18-12-13)19(8-5-2)9-6-3/h10,12,17H,4-9,11H2,1-3H3. The summed E-state index contributed by atoms with van der Waals surface area (Å²) in [6, 6.07) is 2.03. The number of rotatable bonds is 9. The molecule has 108 valence electrons. The fourth-order valence-electron chi connectivity index (χ4n) is 2.07. The summed E-state index contributed by atoms with van der Waals surface area (Å²) in [5.41, 5.74) is 1.15. The van der Waals surface area contributed by atoms with Crippen LogP contribution in [0.25, 0.3) is 0 Å². The molecule has 0 amide bonds. The van der Waals surface area contributed by atoms with Crippen molar-refractivity contribution >= 4 is 17.4 Å². The lowest BCUT2D eigenvalue weighted by molar-refractivity contribution is 0.673. The summed E-state index contributed by atoms with van der Waals surface area (Å²) in [7, 11) is 0. The molecule has 1 rings (SSSR count). The Balaban J connectivity index is 2.73. The van der Waals surface area contributed by atoms with Crippen molar-refractivity contribution in [1.82, 2.24) is 10.3 Å². The van der Waals surface area contributed by atoms with Crippen molar-refractivity contribution in [2.45, 2.75) is 46.6 Å². The van der Waals surface area contributed by atoms with Crippen LogP contribution >= 0.6 is 11.6 Å². The molecule has 0 radical (unpaired) electrons. The van der Waals surface area contributed by atoms with Crippen LogP contribution in [-0.2, 0) is 6.54 Å². The van der Waals surface area contributed by atoms with E-state index in [1.165, 1.54) is 0 Å². The second-order valence-electron chi connectivity index (χ2n) is 4.81. The van der Waals surface area contributed by atoms with Crippen LogP contribution in [0.3, 0.4) is 0 Å². The number of hydrogen-bond donors (Lipinski definition) is 1. The monoisotopic (exact) mass is 283 g/mol. The van der Waals surface area contributed by atoms with Gasteiger partial charge in [-0.15, -0.1) is 0 Å². The molecule has 0 fully saturated rings. The highest BCUT2D eigenvalue weighted by atomic mass is 35.5. The smallest absolute Gasteiger partial charge is 0.147 e. The molecule has 1 aromatic heterocycles. The average Bonchev–Trinajstić information content (AvgIpc) is 2.39. The number of anilines is 1. The summed E-state index contributed by atoms with van der Waals surface area (Å²) in [5, 5.41) is 4.13. The van der Waals surface area contributed by atoms with Gasteiger partial charge in [-0.25, -0.2) is 4.98 Å². The predicted octanol–water partition coefficient (Wildman–Crippen LogP) is 3.86. The van der Waals surface area contributed by atoms with E-state index in [4.69, 9.17) is 11.6 Å². The quantitative estimate of drug-likeness (QED) is 0.698. The molecule has 0 spiro atoms. The van der Waals surface area contributed by atoms with Gasteiger partial charge in [-0.2, -0.15) is 0 Å². The molecule has 0 aliphatic heterocycles. The van der Waals surface area contributed by atoms with Crippen molar-refractivity contribution in [3.8, 4) is 0 Å². The molecular formula is C15H26ClN3. The molecular weight excluding hydrogens is 258 g/mol. The van der Waals surface area contributed by atoms with E-state index in [1.807, 2.05) is 12.3 Å². The topological polar surface area (TPSA) is 28.2 Å². The Hall–Kier alpha value is -0.800. The molecule has 0 atom stereocenters. The van der Waals surface area contributed by atoms with Gasteiger partial charge in [0.05, 0.1) is 5.02 Å². The molecule has 19 heavy (non-hydrogen) atoms. The fourth-order valence-corrected chi connectivity index (χ4v) is 2.38. The lowest BCUT2D eigenvalue weighted by Gasteiger charge is -2.23. The van der Waals surface area contributed by atoms with Gasteiger partial charge in [0.25, 0.3) is 0 Å². The first-order valence-corrected chi connectivity index (χ1v) is 7.70. The molecule has 1 N–H and O–H groups in total. The van der Waals surface area contributed by atoms with E-state index in [1.54, 1.807) is 0 Å². The molecule has 1 aromatic rings. The number of nitrogens with zero attached hydrogens (tertiary/aromatic N) is 2. The van der Waals surface area contributed by atoms with Crippen LogP contribution in [0.2, 0.25) is 5.02 Å². The van der Waals surface area contributed by atoms with Gasteiger partial charge < -0.3 is 10.2 Å². The van der Waals surface area contributed by atoms with Gasteiger partial charge in [-0.05, 0) is 37.4 Å². The summed E-state index contributed by atoms with van der Waals surface area (Å²) < 4.78 is 0. The third kappa shape index (κ3) is 5.37. The zero-order chi connectivity index (χ0) is 14.1. The lowest BCUT2D eigenvalue weighted by Crippen LogP contribution is -2.26.